The average Bonchev–Trinajstić information content (AvgIpc) is 2.33. The van der Waals surface area contributed by atoms with Gasteiger partial charge in [-0.3, -0.25) is 0 Å². The lowest BCUT2D eigenvalue weighted by Gasteiger charge is -2.11. The molecule has 0 aliphatic rings. The zero-order valence-electron chi connectivity index (χ0n) is 9.39. The van der Waals surface area contributed by atoms with E-state index in [9.17, 15) is 13.2 Å². The molecule has 0 atom stereocenters. The van der Waals surface area contributed by atoms with Gasteiger partial charge in [0.1, 0.15) is 18.2 Å². The summed E-state index contributed by atoms with van der Waals surface area (Å²) < 4.78 is 45.4. The Kier molecular flexibility index (Phi) is 4.52. The summed E-state index contributed by atoms with van der Waals surface area (Å²) in [6, 6.07) is 6.28. The van der Waals surface area contributed by atoms with Gasteiger partial charge in [-0.05, 0) is 44.0 Å². The van der Waals surface area contributed by atoms with Crippen molar-refractivity contribution < 1.29 is 17.9 Å². The lowest BCUT2D eigenvalue weighted by atomic mass is 10.2. The predicted molar refractivity (Wildman–Crippen MR) is 72.5 cm³/mol. The van der Waals surface area contributed by atoms with Crippen molar-refractivity contribution in [1.82, 2.24) is 0 Å². The Bertz CT molecular complexity index is 594. The fraction of sp³-hybridized carbons (Fsp3) is 0.0769. The Hall–Kier alpha value is -1.01. The van der Waals surface area contributed by atoms with E-state index in [1.807, 2.05) is 0 Å². The van der Waals surface area contributed by atoms with Crippen molar-refractivity contribution in [1.29, 1.82) is 0 Å². The molecular formula is C13H7Br2F3O. The molecule has 0 aliphatic carbocycles. The summed E-state index contributed by atoms with van der Waals surface area (Å²) in [6.07, 6.45) is 0. The van der Waals surface area contributed by atoms with Gasteiger partial charge in [0, 0.05) is 11.6 Å². The van der Waals surface area contributed by atoms with Gasteiger partial charge in [0.15, 0.2) is 11.6 Å². The SMILES string of the molecule is Fc1cc(F)c(OCc2cccc(F)c2Br)c(Br)c1. The lowest BCUT2D eigenvalue weighted by Crippen LogP contribution is -2.00. The number of hydrogen-bond acceptors (Lipinski definition) is 1. The fourth-order valence-corrected chi connectivity index (χ4v) is 2.38. The van der Waals surface area contributed by atoms with Crippen LogP contribution in [0.4, 0.5) is 13.2 Å². The summed E-state index contributed by atoms with van der Waals surface area (Å²) in [5.74, 6) is -2.07. The van der Waals surface area contributed by atoms with Crippen molar-refractivity contribution in [2.45, 2.75) is 6.61 Å². The van der Waals surface area contributed by atoms with Crippen molar-refractivity contribution in [2.75, 3.05) is 0 Å². The molecule has 2 rings (SSSR count). The third-order valence-electron chi connectivity index (χ3n) is 2.37. The first-order chi connectivity index (χ1) is 8.99. The van der Waals surface area contributed by atoms with E-state index >= 15 is 0 Å². The van der Waals surface area contributed by atoms with Crippen LogP contribution in [-0.2, 0) is 6.61 Å². The molecule has 100 valence electrons. The van der Waals surface area contributed by atoms with E-state index < -0.39 is 17.5 Å². The number of halogens is 5. The molecule has 0 aliphatic heterocycles. The third kappa shape index (κ3) is 3.30. The van der Waals surface area contributed by atoms with Gasteiger partial charge in [0.25, 0.3) is 0 Å². The van der Waals surface area contributed by atoms with Crippen LogP contribution in [0.1, 0.15) is 5.56 Å². The molecule has 0 unspecified atom stereocenters. The maximum atomic E-state index is 13.5. The maximum absolute atomic E-state index is 13.5. The van der Waals surface area contributed by atoms with Crippen molar-refractivity contribution >= 4 is 31.9 Å². The first-order valence-electron chi connectivity index (χ1n) is 5.19. The van der Waals surface area contributed by atoms with E-state index in [1.165, 1.54) is 12.1 Å². The van der Waals surface area contributed by atoms with Gasteiger partial charge in [0.05, 0.1) is 8.95 Å². The second kappa shape index (κ2) is 5.96. The van der Waals surface area contributed by atoms with Crippen LogP contribution in [0.5, 0.6) is 5.75 Å². The van der Waals surface area contributed by atoms with Crippen LogP contribution in [0.25, 0.3) is 0 Å². The molecule has 0 spiro atoms. The summed E-state index contributed by atoms with van der Waals surface area (Å²) in [5, 5.41) is 0. The van der Waals surface area contributed by atoms with Gasteiger partial charge in [-0.15, -0.1) is 0 Å². The molecule has 0 saturated heterocycles. The van der Waals surface area contributed by atoms with Crippen LogP contribution < -0.4 is 4.74 Å². The second-order valence-corrected chi connectivity index (χ2v) is 5.35. The van der Waals surface area contributed by atoms with Gasteiger partial charge in [0.2, 0.25) is 0 Å². The van der Waals surface area contributed by atoms with Crippen LogP contribution in [0.3, 0.4) is 0 Å². The first kappa shape index (κ1) is 14.4. The van der Waals surface area contributed by atoms with E-state index in [0.29, 0.717) is 5.56 Å². The van der Waals surface area contributed by atoms with Crippen LogP contribution in [0.15, 0.2) is 39.3 Å². The molecule has 2 aromatic rings. The molecule has 6 heteroatoms. The second-order valence-electron chi connectivity index (χ2n) is 3.70. The zero-order valence-corrected chi connectivity index (χ0v) is 12.6. The van der Waals surface area contributed by atoms with Gasteiger partial charge >= 0.3 is 0 Å². The number of rotatable bonds is 3. The quantitative estimate of drug-likeness (QED) is 0.693. The molecule has 0 aromatic heterocycles. The summed E-state index contributed by atoms with van der Waals surface area (Å²) in [6.45, 7) is -0.0422. The molecule has 0 radical (unpaired) electrons. The molecule has 1 nitrogen and oxygen atoms in total. The van der Waals surface area contributed by atoms with Crippen molar-refractivity contribution in [3.8, 4) is 5.75 Å². The molecule has 0 amide bonds. The number of ether oxygens (including phenoxy) is 1. The van der Waals surface area contributed by atoms with Crippen molar-refractivity contribution in [3.05, 3.63) is 62.3 Å². The summed E-state index contributed by atoms with van der Waals surface area (Å²) in [7, 11) is 0. The molecular weight excluding hydrogens is 389 g/mol. The molecule has 19 heavy (non-hydrogen) atoms. The van der Waals surface area contributed by atoms with Crippen molar-refractivity contribution in [3.63, 3.8) is 0 Å². The third-order valence-corrected chi connectivity index (χ3v) is 3.84. The zero-order chi connectivity index (χ0) is 14.0. The standard InChI is InChI=1S/C13H7Br2F3O/c14-9-4-8(16)5-11(18)13(9)19-6-7-2-1-3-10(17)12(7)15/h1-5H,6H2. The highest BCUT2D eigenvalue weighted by molar-refractivity contribution is 9.10. The van der Waals surface area contributed by atoms with E-state index in [-0.39, 0.29) is 21.3 Å². The first-order valence-corrected chi connectivity index (χ1v) is 6.78. The van der Waals surface area contributed by atoms with Crippen molar-refractivity contribution in [2.24, 2.45) is 0 Å². The van der Waals surface area contributed by atoms with Crippen LogP contribution >= 0.6 is 31.9 Å². The Morgan fingerprint density at radius 1 is 1.00 bits per heavy atom. The maximum Gasteiger partial charge on any atom is 0.169 e. The Morgan fingerprint density at radius 3 is 2.42 bits per heavy atom. The smallest absolute Gasteiger partial charge is 0.169 e. The molecule has 0 heterocycles. The summed E-state index contributed by atoms with van der Waals surface area (Å²) in [5.41, 5.74) is 0.524. The Labute approximate surface area is 124 Å². The van der Waals surface area contributed by atoms with Crippen LogP contribution in [-0.4, -0.2) is 0 Å². The van der Waals surface area contributed by atoms with E-state index in [1.54, 1.807) is 6.07 Å². The molecule has 0 bridgehead atoms. The predicted octanol–water partition coefficient (Wildman–Crippen LogP) is 5.21. The molecule has 0 fully saturated rings. The minimum absolute atomic E-state index is 0.0422. The van der Waals surface area contributed by atoms with E-state index in [0.717, 1.165) is 12.1 Å². The van der Waals surface area contributed by atoms with Gasteiger partial charge < -0.3 is 4.74 Å². The van der Waals surface area contributed by atoms with Crippen LogP contribution in [0.2, 0.25) is 0 Å². The molecule has 2 aromatic carbocycles. The summed E-state index contributed by atoms with van der Waals surface area (Å²) >= 11 is 6.10. The minimum Gasteiger partial charge on any atom is -0.485 e. The largest absolute Gasteiger partial charge is 0.485 e. The average molecular weight is 396 g/mol. The number of hydrogen-bond donors (Lipinski definition) is 0. The molecule has 0 N–H and O–H groups in total. The molecule has 0 saturated carbocycles. The highest BCUT2D eigenvalue weighted by Gasteiger charge is 2.12. The van der Waals surface area contributed by atoms with Gasteiger partial charge in [-0.25, -0.2) is 13.2 Å². The fourth-order valence-electron chi connectivity index (χ4n) is 1.48. The Morgan fingerprint density at radius 2 is 1.74 bits per heavy atom. The highest BCUT2D eigenvalue weighted by atomic mass is 79.9. The highest BCUT2D eigenvalue weighted by Crippen LogP contribution is 2.31. The van der Waals surface area contributed by atoms with Crippen LogP contribution in [0, 0.1) is 17.5 Å². The Balaban J connectivity index is 2.22. The van der Waals surface area contributed by atoms with Gasteiger partial charge in [-0.1, -0.05) is 12.1 Å². The minimum atomic E-state index is -0.820. The van der Waals surface area contributed by atoms with Gasteiger partial charge in [-0.2, -0.15) is 0 Å². The monoisotopic (exact) mass is 394 g/mol. The number of benzene rings is 2. The summed E-state index contributed by atoms with van der Waals surface area (Å²) in [4.78, 5) is 0. The van der Waals surface area contributed by atoms with E-state index in [2.05, 4.69) is 31.9 Å². The normalized spacial score (nSPS) is 10.6. The topological polar surface area (TPSA) is 9.23 Å². The lowest BCUT2D eigenvalue weighted by molar-refractivity contribution is 0.286. The van der Waals surface area contributed by atoms with E-state index in [4.69, 9.17) is 4.74 Å².